The predicted octanol–water partition coefficient (Wildman–Crippen LogP) is 0.348. The fourth-order valence-electron chi connectivity index (χ4n) is 2.37. The molecule has 10 nitrogen and oxygen atoms in total. The summed E-state index contributed by atoms with van der Waals surface area (Å²) in [5.41, 5.74) is 0. The summed E-state index contributed by atoms with van der Waals surface area (Å²) in [5, 5.41) is 43.5. The molecule has 11 heteroatoms. The Kier molecular flexibility index (Phi) is 20.3. The SMILES string of the molecule is CCCCCCCCCCCCOS(=O)(=O)O.O=C[C@H](O)[C@@H](O)[C@H](O)[C@H](O)CO. The van der Waals surface area contributed by atoms with Crippen LogP contribution in [0.5, 0.6) is 0 Å². The summed E-state index contributed by atoms with van der Waals surface area (Å²) in [6.07, 6.45) is 5.01. The number of carbonyl (C=O) groups excluding carboxylic acids is 1. The Hall–Kier alpha value is -0.660. The van der Waals surface area contributed by atoms with Crippen LogP contribution in [-0.4, -0.2) is 82.4 Å². The number of carbonyl (C=O) groups is 1. The maximum Gasteiger partial charge on any atom is 0.397 e. The van der Waals surface area contributed by atoms with Gasteiger partial charge in [0.2, 0.25) is 0 Å². The third-order valence-electron chi connectivity index (χ3n) is 4.15. The van der Waals surface area contributed by atoms with Crippen LogP contribution in [0.1, 0.15) is 71.1 Å². The van der Waals surface area contributed by atoms with E-state index in [1.807, 2.05) is 0 Å². The molecule has 176 valence electrons. The fraction of sp³-hybridized carbons (Fsp3) is 0.944. The van der Waals surface area contributed by atoms with Gasteiger partial charge in [0.05, 0.1) is 13.2 Å². The molecule has 0 fully saturated rings. The first kappa shape index (κ1) is 30.5. The van der Waals surface area contributed by atoms with Crippen molar-refractivity contribution in [2.75, 3.05) is 13.2 Å². The molecule has 0 bridgehead atoms. The number of rotatable bonds is 17. The number of hydrogen-bond acceptors (Lipinski definition) is 9. The van der Waals surface area contributed by atoms with Gasteiger partial charge in [0.1, 0.15) is 24.4 Å². The van der Waals surface area contributed by atoms with Gasteiger partial charge in [-0.25, -0.2) is 4.18 Å². The minimum Gasteiger partial charge on any atom is -0.394 e. The summed E-state index contributed by atoms with van der Waals surface area (Å²) in [6.45, 7) is 1.55. The second-order valence-electron chi connectivity index (χ2n) is 6.79. The highest BCUT2D eigenvalue weighted by atomic mass is 32.3. The molecule has 0 aliphatic heterocycles. The minimum absolute atomic E-state index is 0.0258. The van der Waals surface area contributed by atoms with E-state index in [0.717, 1.165) is 12.8 Å². The molecule has 4 atom stereocenters. The van der Waals surface area contributed by atoms with E-state index in [-0.39, 0.29) is 12.9 Å². The highest BCUT2D eigenvalue weighted by Crippen LogP contribution is 2.10. The van der Waals surface area contributed by atoms with Gasteiger partial charge in [0.25, 0.3) is 0 Å². The first-order valence-corrected chi connectivity index (χ1v) is 11.4. The van der Waals surface area contributed by atoms with Gasteiger partial charge in [-0.05, 0) is 6.42 Å². The zero-order chi connectivity index (χ0) is 22.7. The fourth-order valence-corrected chi connectivity index (χ4v) is 2.70. The molecular formula is C18H38O10S. The van der Waals surface area contributed by atoms with E-state index >= 15 is 0 Å². The number of aliphatic hydroxyl groups is 5. The first-order valence-electron chi connectivity index (χ1n) is 10.0. The maximum absolute atomic E-state index is 10.2. The molecule has 0 saturated heterocycles. The highest BCUT2D eigenvalue weighted by Gasteiger charge is 2.29. The van der Waals surface area contributed by atoms with Crippen LogP contribution >= 0.6 is 0 Å². The standard InChI is InChI=1S/C12H26O4S.C6H12O6/c1-2-3-4-5-6-7-8-9-10-11-12-16-17(13,14)15;7-1-3(9)5(11)6(12)4(10)2-8/h2-12H2,1H3,(H,13,14,15);1,3-6,8-12H,2H2/t;3-,4+,5+,6+/m.0/s1. The minimum atomic E-state index is -4.23. The predicted molar refractivity (Wildman–Crippen MR) is 107 cm³/mol. The van der Waals surface area contributed by atoms with Gasteiger partial charge < -0.3 is 30.3 Å². The van der Waals surface area contributed by atoms with Crippen LogP contribution in [0.15, 0.2) is 0 Å². The van der Waals surface area contributed by atoms with Gasteiger partial charge in [0.15, 0.2) is 6.29 Å². The van der Waals surface area contributed by atoms with Crippen molar-refractivity contribution in [1.82, 2.24) is 0 Å². The Balaban J connectivity index is 0. The van der Waals surface area contributed by atoms with E-state index in [2.05, 4.69) is 11.1 Å². The van der Waals surface area contributed by atoms with Crippen LogP contribution in [0.2, 0.25) is 0 Å². The van der Waals surface area contributed by atoms with Gasteiger partial charge in [-0.3, -0.25) is 4.55 Å². The lowest BCUT2D eigenvalue weighted by Gasteiger charge is -2.22. The van der Waals surface area contributed by atoms with Crippen molar-refractivity contribution in [2.24, 2.45) is 0 Å². The molecule has 0 rings (SSSR count). The van der Waals surface area contributed by atoms with Crippen molar-refractivity contribution in [3.05, 3.63) is 0 Å². The largest absolute Gasteiger partial charge is 0.397 e. The second-order valence-corrected chi connectivity index (χ2v) is 7.88. The molecule has 0 heterocycles. The van der Waals surface area contributed by atoms with E-state index in [1.165, 1.54) is 44.9 Å². The van der Waals surface area contributed by atoms with Crippen LogP contribution in [0.3, 0.4) is 0 Å². The molecule has 0 aliphatic carbocycles. The van der Waals surface area contributed by atoms with E-state index < -0.39 is 41.4 Å². The quantitative estimate of drug-likeness (QED) is 0.104. The van der Waals surface area contributed by atoms with E-state index in [4.69, 9.17) is 30.1 Å². The third-order valence-corrected chi connectivity index (χ3v) is 4.62. The summed E-state index contributed by atoms with van der Waals surface area (Å²) >= 11 is 0. The molecule has 0 amide bonds. The molecule has 0 aliphatic rings. The van der Waals surface area contributed by atoms with Gasteiger partial charge >= 0.3 is 10.4 Å². The summed E-state index contributed by atoms with van der Waals surface area (Å²) in [4.78, 5) is 9.90. The van der Waals surface area contributed by atoms with Crippen molar-refractivity contribution >= 4 is 16.7 Å². The Labute approximate surface area is 173 Å². The molecule has 0 unspecified atom stereocenters. The van der Waals surface area contributed by atoms with Crippen molar-refractivity contribution in [1.29, 1.82) is 0 Å². The Morgan fingerprint density at radius 2 is 1.28 bits per heavy atom. The van der Waals surface area contributed by atoms with E-state index in [1.54, 1.807) is 0 Å². The van der Waals surface area contributed by atoms with Crippen LogP contribution < -0.4 is 0 Å². The third kappa shape index (κ3) is 20.4. The summed E-state index contributed by atoms with van der Waals surface area (Å²) in [6, 6.07) is 0. The van der Waals surface area contributed by atoms with Crippen molar-refractivity contribution in [3.63, 3.8) is 0 Å². The average molecular weight is 447 g/mol. The Bertz CT molecular complexity index is 471. The highest BCUT2D eigenvalue weighted by molar-refractivity contribution is 7.80. The lowest BCUT2D eigenvalue weighted by molar-refractivity contribution is -0.136. The summed E-state index contributed by atoms with van der Waals surface area (Å²) in [5.74, 6) is 0. The topological polar surface area (TPSA) is 182 Å². The van der Waals surface area contributed by atoms with Crippen molar-refractivity contribution in [3.8, 4) is 0 Å². The smallest absolute Gasteiger partial charge is 0.394 e. The molecule has 0 aromatic rings. The zero-order valence-electron chi connectivity index (χ0n) is 17.1. The van der Waals surface area contributed by atoms with Crippen LogP contribution in [0.4, 0.5) is 0 Å². The number of aldehydes is 1. The lowest BCUT2D eigenvalue weighted by Crippen LogP contribution is -2.46. The zero-order valence-corrected chi connectivity index (χ0v) is 17.9. The second kappa shape index (κ2) is 19.3. The normalized spacial score (nSPS) is 15.7. The van der Waals surface area contributed by atoms with Gasteiger partial charge in [0, 0.05) is 0 Å². The molecule has 0 aromatic carbocycles. The molecular weight excluding hydrogens is 408 g/mol. The van der Waals surface area contributed by atoms with Crippen LogP contribution in [-0.2, 0) is 19.4 Å². The molecule has 0 aromatic heterocycles. The molecule has 6 N–H and O–H groups in total. The lowest BCUT2D eigenvalue weighted by atomic mass is 10.0. The summed E-state index contributed by atoms with van der Waals surface area (Å²) in [7, 11) is -4.23. The maximum atomic E-state index is 10.2. The van der Waals surface area contributed by atoms with Gasteiger partial charge in [-0.1, -0.05) is 64.7 Å². The Morgan fingerprint density at radius 3 is 1.66 bits per heavy atom. The van der Waals surface area contributed by atoms with E-state index in [0.29, 0.717) is 6.42 Å². The number of unbranched alkanes of at least 4 members (excludes halogenated alkanes) is 9. The van der Waals surface area contributed by atoms with Crippen LogP contribution in [0, 0.1) is 0 Å². The molecule has 0 radical (unpaired) electrons. The summed E-state index contributed by atoms with van der Waals surface area (Å²) < 4.78 is 33.0. The average Bonchev–Trinajstić information content (AvgIpc) is 2.69. The molecule has 29 heavy (non-hydrogen) atoms. The van der Waals surface area contributed by atoms with Gasteiger partial charge in [-0.2, -0.15) is 8.42 Å². The monoisotopic (exact) mass is 446 g/mol. The first-order chi connectivity index (χ1) is 13.6. The van der Waals surface area contributed by atoms with Crippen LogP contribution in [0.25, 0.3) is 0 Å². The van der Waals surface area contributed by atoms with Crippen molar-refractivity contribution < 1.29 is 47.5 Å². The number of aliphatic hydroxyl groups excluding tert-OH is 5. The van der Waals surface area contributed by atoms with E-state index in [9.17, 15) is 13.2 Å². The number of hydrogen-bond donors (Lipinski definition) is 6. The molecule has 0 spiro atoms. The van der Waals surface area contributed by atoms with Crippen molar-refractivity contribution in [2.45, 2.75) is 95.5 Å². The van der Waals surface area contributed by atoms with Gasteiger partial charge in [-0.15, -0.1) is 0 Å². The molecule has 0 saturated carbocycles. The Morgan fingerprint density at radius 1 is 0.828 bits per heavy atom.